The van der Waals surface area contributed by atoms with Gasteiger partial charge in [0.05, 0.1) is 22.6 Å². The zero-order valence-electron chi connectivity index (χ0n) is 21.9. The van der Waals surface area contributed by atoms with Crippen LogP contribution in [0.15, 0.2) is 83.3 Å². The minimum Gasteiger partial charge on any atom is -0.384 e. The number of Topliss-reactive ketones (excluding diaryl/α,β-unsaturated/α-hetero) is 1. The summed E-state index contributed by atoms with van der Waals surface area (Å²) in [7, 11) is 0. The summed E-state index contributed by atoms with van der Waals surface area (Å²) in [5, 5.41) is 10.3. The van der Waals surface area contributed by atoms with E-state index in [-0.39, 0.29) is 16.6 Å². The standard InChI is InChI=1S/C32H29ClFN3OS/c1-19-13-22(18-39-17-21-7-4-3-5-8-21)20(2)24(14-19)30-25(16-35)32(36)37(23-11-12-27(34)26(33)15-23)28-9-6-10-29(38)31(28)30/h3-5,7-8,11-15,30H,6,9-10,17-18,36H2,1-2H3. The molecule has 1 aliphatic carbocycles. The number of rotatable bonds is 6. The van der Waals surface area contributed by atoms with E-state index in [0.717, 1.165) is 33.9 Å². The van der Waals surface area contributed by atoms with Crippen molar-refractivity contribution in [1.82, 2.24) is 0 Å². The number of aryl methyl sites for hydroxylation is 1. The Balaban J connectivity index is 1.60. The van der Waals surface area contributed by atoms with Crippen LogP contribution in [0.25, 0.3) is 0 Å². The summed E-state index contributed by atoms with van der Waals surface area (Å²) in [6.45, 7) is 4.11. The van der Waals surface area contributed by atoms with Crippen LogP contribution < -0.4 is 10.6 Å². The highest BCUT2D eigenvalue weighted by molar-refractivity contribution is 7.97. The zero-order valence-corrected chi connectivity index (χ0v) is 23.5. The number of halogens is 2. The van der Waals surface area contributed by atoms with Gasteiger partial charge in [-0.15, -0.1) is 0 Å². The van der Waals surface area contributed by atoms with Gasteiger partial charge in [0, 0.05) is 34.9 Å². The van der Waals surface area contributed by atoms with Gasteiger partial charge in [-0.05, 0) is 67.1 Å². The summed E-state index contributed by atoms with van der Waals surface area (Å²) in [5.41, 5.74) is 14.4. The molecular weight excluding hydrogens is 529 g/mol. The van der Waals surface area contributed by atoms with Crippen LogP contribution in [0.2, 0.25) is 5.02 Å². The van der Waals surface area contributed by atoms with Gasteiger partial charge in [-0.25, -0.2) is 4.39 Å². The maximum absolute atomic E-state index is 14.0. The molecule has 39 heavy (non-hydrogen) atoms. The third-order valence-electron chi connectivity index (χ3n) is 7.45. The fourth-order valence-electron chi connectivity index (χ4n) is 5.58. The molecule has 5 rings (SSSR count). The van der Waals surface area contributed by atoms with Crippen molar-refractivity contribution in [3.63, 3.8) is 0 Å². The number of ketones is 1. The van der Waals surface area contributed by atoms with Crippen LogP contribution in [0.5, 0.6) is 0 Å². The van der Waals surface area contributed by atoms with Gasteiger partial charge in [-0.3, -0.25) is 9.69 Å². The Morgan fingerprint density at radius 2 is 1.87 bits per heavy atom. The topological polar surface area (TPSA) is 70.1 Å². The van der Waals surface area contributed by atoms with Crippen molar-refractivity contribution in [2.24, 2.45) is 5.73 Å². The van der Waals surface area contributed by atoms with Crippen LogP contribution in [0.1, 0.15) is 53.0 Å². The van der Waals surface area contributed by atoms with E-state index in [1.165, 1.54) is 23.3 Å². The number of nitrogens with zero attached hydrogens (tertiary/aromatic N) is 2. The van der Waals surface area contributed by atoms with Gasteiger partial charge in [0.15, 0.2) is 5.78 Å². The summed E-state index contributed by atoms with van der Waals surface area (Å²) in [4.78, 5) is 15.3. The lowest BCUT2D eigenvalue weighted by atomic mass is 9.73. The molecule has 4 nitrogen and oxygen atoms in total. The molecule has 0 saturated carbocycles. The highest BCUT2D eigenvalue weighted by Gasteiger charge is 2.41. The van der Waals surface area contributed by atoms with Gasteiger partial charge < -0.3 is 5.73 Å². The molecule has 3 aromatic carbocycles. The number of hydrogen-bond donors (Lipinski definition) is 1. The third-order valence-corrected chi connectivity index (χ3v) is 8.80. The maximum atomic E-state index is 14.0. The number of carbonyl (C=O) groups excluding carboxylic acids is 1. The molecule has 0 spiro atoms. The van der Waals surface area contributed by atoms with Gasteiger partial charge >= 0.3 is 0 Å². The summed E-state index contributed by atoms with van der Waals surface area (Å²) in [6.07, 6.45) is 1.71. The van der Waals surface area contributed by atoms with Gasteiger partial charge in [0.25, 0.3) is 0 Å². The first kappa shape index (κ1) is 27.1. The highest BCUT2D eigenvalue weighted by atomic mass is 35.5. The quantitative estimate of drug-likeness (QED) is 0.334. The first-order valence-corrected chi connectivity index (χ1v) is 14.5. The van der Waals surface area contributed by atoms with Crippen LogP contribution >= 0.6 is 23.4 Å². The van der Waals surface area contributed by atoms with E-state index in [1.807, 2.05) is 36.9 Å². The smallest absolute Gasteiger partial charge is 0.161 e. The second-order valence-electron chi connectivity index (χ2n) is 10.0. The number of nitriles is 1. The van der Waals surface area contributed by atoms with Gasteiger partial charge in [-0.2, -0.15) is 17.0 Å². The second-order valence-corrected chi connectivity index (χ2v) is 11.4. The van der Waals surface area contributed by atoms with Crippen molar-refractivity contribution in [3.05, 3.63) is 122 Å². The van der Waals surface area contributed by atoms with Crippen LogP contribution in [-0.2, 0) is 16.3 Å². The first-order valence-electron chi connectivity index (χ1n) is 12.9. The third kappa shape index (κ3) is 5.22. The van der Waals surface area contributed by atoms with Crippen LogP contribution in [0.4, 0.5) is 10.1 Å². The minimum absolute atomic E-state index is 0.0145. The molecule has 0 fully saturated rings. The number of anilines is 1. The van der Waals surface area contributed by atoms with Crippen LogP contribution in [-0.4, -0.2) is 5.78 Å². The Kier molecular flexibility index (Phi) is 7.83. The average Bonchev–Trinajstić information content (AvgIpc) is 2.92. The molecule has 0 radical (unpaired) electrons. The molecule has 1 aliphatic heterocycles. The minimum atomic E-state index is -0.553. The molecule has 0 bridgehead atoms. The Bertz CT molecular complexity index is 1560. The van der Waals surface area contributed by atoms with Gasteiger partial charge in [0.1, 0.15) is 11.6 Å². The SMILES string of the molecule is Cc1cc(CSCc2ccccc2)c(C)c(C2C(C#N)=C(N)N(c3ccc(F)c(Cl)c3)C3=C2C(=O)CCC3)c1. The van der Waals surface area contributed by atoms with Crippen molar-refractivity contribution in [1.29, 1.82) is 5.26 Å². The van der Waals surface area contributed by atoms with Crippen LogP contribution in [0, 0.1) is 31.0 Å². The molecule has 1 atom stereocenters. The molecule has 7 heteroatoms. The van der Waals surface area contributed by atoms with Crippen molar-refractivity contribution in [3.8, 4) is 6.07 Å². The van der Waals surface area contributed by atoms with Crippen molar-refractivity contribution in [2.75, 3.05) is 4.90 Å². The second kappa shape index (κ2) is 11.3. The molecular formula is C32H29ClFN3OS. The summed E-state index contributed by atoms with van der Waals surface area (Å²) in [5.74, 6) is 0.874. The van der Waals surface area contributed by atoms with Gasteiger partial charge in [0.2, 0.25) is 0 Å². The number of hydrogen-bond acceptors (Lipinski definition) is 5. The highest BCUT2D eigenvalue weighted by Crippen LogP contribution is 2.48. The molecule has 1 unspecified atom stereocenters. The van der Waals surface area contributed by atoms with E-state index in [9.17, 15) is 14.4 Å². The molecule has 0 saturated heterocycles. The van der Waals surface area contributed by atoms with E-state index < -0.39 is 11.7 Å². The number of carbonyl (C=O) groups is 1. The van der Waals surface area contributed by atoms with Crippen LogP contribution in [0.3, 0.4) is 0 Å². The molecule has 1 heterocycles. The number of benzene rings is 3. The fraction of sp³-hybridized carbons (Fsp3) is 0.250. The summed E-state index contributed by atoms with van der Waals surface area (Å²) >= 11 is 7.94. The molecule has 2 aliphatic rings. The zero-order chi connectivity index (χ0) is 27.7. The molecule has 198 valence electrons. The van der Waals surface area contributed by atoms with E-state index in [4.69, 9.17) is 17.3 Å². The van der Waals surface area contributed by atoms with E-state index >= 15 is 0 Å². The lowest BCUT2D eigenvalue weighted by molar-refractivity contribution is -0.116. The lowest BCUT2D eigenvalue weighted by Gasteiger charge is -2.40. The molecule has 3 aromatic rings. The Morgan fingerprint density at radius 3 is 2.59 bits per heavy atom. The Hall–Kier alpha value is -3.53. The monoisotopic (exact) mass is 557 g/mol. The normalized spacial score (nSPS) is 17.4. The summed E-state index contributed by atoms with van der Waals surface area (Å²) < 4.78 is 14.0. The number of thioether (sulfide) groups is 1. The largest absolute Gasteiger partial charge is 0.384 e. The Morgan fingerprint density at radius 1 is 1.10 bits per heavy atom. The number of allylic oxidation sites excluding steroid dienone is 3. The van der Waals surface area contributed by atoms with E-state index in [1.54, 1.807) is 11.0 Å². The average molecular weight is 558 g/mol. The molecule has 0 amide bonds. The van der Waals surface area contributed by atoms with E-state index in [2.05, 4.69) is 37.3 Å². The predicted molar refractivity (Wildman–Crippen MR) is 157 cm³/mol. The van der Waals surface area contributed by atoms with E-state index in [0.29, 0.717) is 36.1 Å². The predicted octanol–water partition coefficient (Wildman–Crippen LogP) is 7.83. The van der Waals surface area contributed by atoms with Gasteiger partial charge in [-0.1, -0.05) is 59.6 Å². The summed E-state index contributed by atoms with van der Waals surface area (Å²) in [6, 6.07) is 21.3. The molecule has 2 N–H and O–H groups in total. The fourth-order valence-corrected chi connectivity index (χ4v) is 6.81. The van der Waals surface area contributed by atoms with Crippen molar-refractivity contribution >= 4 is 34.8 Å². The maximum Gasteiger partial charge on any atom is 0.161 e. The number of nitrogens with two attached hydrogens (primary N) is 1. The first-order chi connectivity index (χ1) is 18.8. The molecule has 0 aromatic heterocycles. The lowest BCUT2D eigenvalue weighted by Crippen LogP contribution is -2.39. The van der Waals surface area contributed by atoms with Crippen molar-refractivity contribution < 1.29 is 9.18 Å². The Labute approximate surface area is 238 Å². The van der Waals surface area contributed by atoms with Crippen molar-refractivity contribution in [2.45, 2.75) is 50.5 Å².